The van der Waals surface area contributed by atoms with Crippen LogP contribution < -0.4 is 5.32 Å². The van der Waals surface area contributed by atoms with Gasteiger partial charge >= 0.3 is 0 Å². The third-order valence-electron chi connectivity index (χ3n) is 2.82. The highest BCUT2D eigenvalue weighted by molar-refractivity contribution is 5.93. The van der Waals surface area contributed by atoms with Crippen LogP contribution in [0.2, 0.25) is 0 Å². The van der Waals surface area contributed by atoms with Gasteiger partial charge in [0.25, 0.3) is 12.4 Å². The fourth-order valence-electron chi connectivity index (χ4n) is 1.91. The molecule has 1 amide bonds. The molecule has 0 aliphatic carbocycles. The summed E-state index contributed by atoms with van der Waals surface area (Å²) in [6.45, 7) is 11.6. The van der Waals surface area contributed by atoms with E-state index >= 15 is 0 Å². The first kappa shape index (κ1) is 18.2. The normalized spacial score (nSPS) is 15.7. The van der Waals surface area contributed by atoms with Crippen molar-refractivity contribution in [1.29, 1.82) is 0 Å². The quantitative estimate of drug-likeness (QED) is 0.867. The topological polar surface area (TPSA) is 60.3 Å². The summed E-state index contributed by atoms with van der Waals surface area (Å²) in [5.41, 5.74) is 1.96. The smallest absolute Gasteiger partial charge is 0.293 e. The monoisotopic (exact) mass is 282 g/mol. The molecule has 20 heavy (non-hydrogen) atoms. The second-order valence-corrected chi connectivity index (χ2v) is 4.13. The molecule has 1 unspecified atom stereocenters. The van der Waals surface area contributed by atoms with E-state index in [1.54, 1.807) is 6.92 Å². The second kappa shape index (κ2) is 10.1. The number of nitrogens with one attached hydrogen (secondary N) is 1. The van der Waals surface area contributed by atoms with Crippen molar-refractivity contribution in [1.82, 2.24) is 9.88 Å². The molecule has 0 fully saturated rings. The lowest BCUT2D eigenvalue weighted by atomic mass is 10.1. The number of carbonyl (C=O) groups is 2. The third-order valence-corrected chi connectivity index (χ3v) is 2.82. The van der Waals surface area contributed by atoms with Crippen LogP contribution in [-0.2, 0) is 9.53 Å². The molecule has 0 radical (unpaired) electrons. The minimum atomic E-state index is 0.0535. The van der Waals surface area contributed by atoms with Gasteiger partial charge in [0.05, 0.1) is 12.6 Å². The molecular formula is C15H26N2O3. The Balaban J connectivity index is 0.000000441. The summed E-state index contributed by atoms with van der Waals surface area (Å²) in [7, 11) is 0. The Morgan fingerprint density at radius 2 is 2.10 bits per heavy atom. The van der Waals surface area contributed by atoms with Gasteiger partial charge < -0.3 is 14.6 Å². The molecule has 1 aromatic heterocycles. The maximum absolute atomic E-state index is 11.4. The van der Waals surface area contributed by atoms with E-state index in [9.17, 15) is 9.59 Å². The number of aromatic nitrogens is 1. The molecule has 1 atom stereocenters. The lowest BCUT2D eigenvalue weighted by Crippen LogP contribution is -2.38. The molecule has 1 aliphatic heterocycles. The van der Waals surface area contributed by atoms with Gasteiger partial charge in [0.1, 0.15) is 5.69 Å². The Labute approximate surface area is 121 Å². The minimum Gasteiger partial charge on any atom is -0.468 e. The van der Waals surface area contributed by atoms with Crippen molar-refractivity contribution in [3.05, 3.63) is 23.5 Å². The van der Waals surface area contributed by atoms with Crippen LogP contribution in [0.1, 0.15) is 56.2 Å². The summed E-state index contributed by atoms with van der Waals surface area (Å²) in [5.74, 6) is 0.0535. The van der Waals surface area contributed by atoms with Crippen molar-refractivity contribution in [2.75, 3.05) is 13.2 Å². The molecule has 1 aromatic rings. The number of carbonyl (C=O) groups excluding carboxylic acids is 2. The van der Waals surface area contributed by atoms with E-state index in [4.69, 9.17) is 0 Å². The fraction of sp³-hybridized carbons (Fsp3) is 0.600. The van der Waals surface area contributed by atoms with E-state index < -0.39 is 0 Å². The predicted octanol–water partition coefficient (Wildman–Crippen LogP) is 2.70. The van der Waals surface area contributed by atoms with Gasteiger partial charge in [-0.15, -0.1) is 0 Å². The molecule has 114 valence electrons. The highest BCUT2D eigenvalue weighted by Crippen LogP contribution is 2.20. The maximum atomic E-state index is 11.4. The largest absolute Gasteiger partial charge is 0.468 e. The van der Waals surface area contributed by atoms with E-state index in [0.29, 0.717) is 19.1 Å². The van der Waals surface area contributed by atoms with Gasteiger partial charge in [-0.3, -0.25) is 9.59 Å². The van der Waals surface area contributed by atoms with E-state index in [2.05, 4.69) is 27.7 Å². The van der Waals surface area contributed by atoms with E-state index in [1.807, 2.05) is 26.8 Å². The number of hydrogen-bond donors (Lipinski definition) is 1. The lowest BCUT2D eigenvalue weighted by Gasteiger charge is -2.25. The van der Waals surface area contributed by atoms with Crippen molar-refractivity contribution in [2.45, 2.75) is 47.1 Å². The summed E-state index contributed by atoms with van der Waals surface area (Å²) in [5, 5.41) is 2.89. The zero-order chi connectivity index (χ0) is 15.5. The molecule has 0 saturated heterocycles. The Hall–Kier alpha value is -1.78. The molecule has 1 aliphatic rings. The maximum Gasteiger partial charge on any atom is 0.293 e. The number of hydrogen-bond acceptors (Lipinski definition) is 3. The van der Waals surface area contributed by atoms with Crippen LogP contribution in [-0.4, -0.2) is 30.1 Å². The standard InChI is InChI=1S/C10H14N2O.C3H6O2.C2H6/c1-3-8-5-11-10(13)9-4-7(2)6-12(8)9;1-2-5-3-4;1-2/h4,6,8H,3,5H2,1-2H3,(H,11,13);3H,2H2,1H3;1-2H3. The molecule has 0 spiro atoms. The summed E-state index contributed by atoms with van der Waals surface area (Å²) < 4.78 is 6.24. The highest BCUT2D eigenvalue weighted by atomic mass is 16.5. The third kappa shape index (κ3) is 5.07. The van der Waals surface area contributed by atoms with Crippen molar-refractivity contribution >= 4 is 12.4 Å². The second-order valence-electron chi connectivity index (χ2n) is 4.13. The molecule has 0 bridgehead atoms. The van der Waals surface area contributed by atoms with Gasteiger partial charge in [-0.25, -0.2) is 0 Å². The van der Waals surface area contributed by atoms with Gasteiger partial charge in [-0.1, -0.05) is 20.8 Å². The molecule has 2 heterocycles. The van der Waals surface area contributed by atoms with Crippen LogP contribution in [0.5, 0.6) is 0 Å². The molecule has 5 heteroatoms. The van der Waals surface area contributed by atoms with Crippen LogP contribution in [0, 0.1) is 6.92 Å². The molecule has 0 saturated carbocycles. The minimum absolute atomic E-state index is 0.0535. The van der Waals surface area contributed by atoms with E-state index in [1.165, 1.54) is 0 Å². The Morgan fingerprint density at radius 3 is 2.55 bits per heavy atom. The average Bonchev–Trinajstić information content (AvgIpc) is 2.86. The zero-order valence-electron chi connectivity index (χ0n) is 13.1. The first-order chi connectivity index (χ1) is 9.63. The summed E-state index contributed by atoms with van der Waals surface area (Å²) in [6, 6.07) is 2.37. The van der Waals surface area contributed by atoms with Crippen molar-refractivity contribution in [3.63, 3.8) is 0 Å². The lowest BCUT2D eigenvalue weighted by molar-refractivity contribution is -0.128. The summed E-state index contributed by atoms with van der Waals surface area (Å²) in [4.78, 5) is 20.6. The number of amides is 1. The van der Waals surface area contributed by atoms with Crippen molar-refractivity contribution in [3.8, 4) is 0 Å². The Morgan fingerprint density at radius 1 is 1.45 bits per heavy atom. The van der Waals surface area contributed by atoms with Gasteiger partial charge in [0.2, 0.25) is 0 Å². The number of aryl methyl sites for hydroxylation is 1. The number of nitrogens with zero attached hydrogens (tertiary/aromatic N) is 1. The fourth-order valence-corrected chi connectivity index (χ4v) is 1.91. The molecule has 2 rings (SSSR count). The number of rotatable bonds is 3. The molecule has 5 nitrogen and oxygen atoms in total. The molecular weight excluding hydrogens is 256 g/mol. The Bertz CT molecular complexity index is 413. The van der Waals surface area contributed by atoms with Crippen molar-refractivity contribution < 1.29 is 14.3 Å². The first-order valence-corrected chi connectivity index (χ1v) is 7.15. The van der Waals surface area contributed by atoms with Crippen LogP contribution >= 0.6 is 0 Å². The number of fused-ring (bicyclic) bond motifs is 1. The summed E-state index contributed by atoms with van der Waals surface area (Å²) >= 11 is 0. The molecule has 0 aromatic carbocycles. The average molecular weight is 282 g/mol. The van der Waals surface area contributed by atoms with E-state index in [0.717, 1.165) is 24.2 Å². The van der Waals surface area contributed by atoms with Gasteiger partial charge in [0, 0.05) is 12.7 Å². The SMILES string of the molecule is CC.CCC1CNC(=O)c2cc(C)cn21.CCOC=O. The van der Waals surface area contributed by atoms with Gasteiger partial charge in [-0.05, 0) is 31.9 Å². The van der Waals surface area contributed by atoms with Crippen LogP contribution in [0.25, 0.3) is 0 Å². The van der Waals surface area contributed by atoms with Gasteiger partial charge in [-0.2, -0.15) is 0 Å². The Kier molecular flexibility index (Phi) is 9.17. The summed E-state index contributed by atoms with van der Waals surface area (Å²) in [6.07, 6.45) is 3.11. The van der Waals surface area contributed by atoms with Crippen molar-refractivity contribution in [2.24, 2.45) is 0 Å². The van der Waals surface area contributed by atoms with Crippen LogP contribution in [0.3, 0.4) is 0 Å². The highest BCUT2D eigenvalue weighted by Gasteiger charge is 2.23. The predicted molar refractivity (Wildman–Crippen MR) is 79.9 cm³/mol. The van der Waals surface area contributed by atoms with Crippen LogP contribution in [0.15, 0.2) is 12.3 Å². The van der Waals surface area contributed by atoms with Crippen LogP contribution in [0.4, 0.5) is 0 Å². The van der Waals surface area contributed by atoms with Gasteiger partial charge in [0.15, 0.2) is 0 Å². The van der Waals surface area contributed by atoms with E-state index in [-0.39, 0.29) is 5.91 Å². The molecule has 1 N–H and O–H groups in total. The first-order valence-electron chi connectivity index (χ1n) is 7.15. The number of ether oxygens (including phenoxy) is 1. The zero-order valence-corrected chi connectivity index (χ0v) is 13.1.